The Kier molecular flexibility index (Phi) is 6.64. The Labute approximate surface area is 223 Å². The molecule has 4 heterocycles. The molecule has 0 saturated carbocycles. The number of nitrogen functional groups attached to an aromatic ring is 1. The molecule has 14 heteroatoms. The van der Waals surface area contributed by atoms with Gasteiger partial charge in [0.05, 0.1) is 23.8 Å². The van der Waals surface area contributed by atoms with Gasteiger partial charge >= 0.3 is 6.18 Å². The summed E-state index contributed by atoms with van der Waals surface area (Å²) < 4.78 is 72.0. The molecular weight excluding hydrogens is 537 g/mol. The van der Waals surface area contributed by atoms with E-state index in [2.05, 4.69) is 20.4 Å². The Morgan fingerprint density at radius 2 is 1.85 bits per heavy atom. The van der Waals surface area contributed by atoms with E-state index in [0.29, 0.717) is 17.3 Å². The largest absolute Gasteiger partial charge is 0.418 e. The lowest BCUT2D eigenvalue weighted by Crippen LogP contribution is -2.42. The number of rotatable bonds is 4. The van der Waals surface area contributed by atoms with Crippen LogP contribution in [0.3, 0.4) is 0 Å². The van der Waals surface area contributed by atoms with Crippen molar-refractivity contribution in [3.8, 4) is 11.3 Å². The zero-order valence-electron chi connectivity index (χ0n) is 21.1. The maximum absolute atomic E-state index is 15.1. The maximum Gasteiger partial charge on any atom is 0.418 e. The van der Waals surface area contributed by atoms with Crippen molar-refractivity contribution < 1.29 is 31.5 Å². The van der Waals surface area contributed by atoms with Crippen LogP contribution in [0, 0.1) is 19.7 Å². The number of anilines is 1. The van der Waals surface area contributed by atoms with Crippen molar-refractivity contribution in [1.82, 2.24) is 29.8 Å². The molecule has 5 rings (SSSR count). The van der Waals surface area contributed by atoms with Crippen LogP contribution in [-0.2, 0) is 6.18 Å². The lowest BCUT2D eigenvalue weighted by Gasteiger charge is -2.18. The lowest BCUT2D eigenvalue weighted by molar-refractivity contribution is -0.136. The fraction of sp³-hybridized carbons (Fsp3) is 0.269. The van der Waals surface area contributed by atoms with Gasteiger partial charge in [-0.05, 0) is 49.7 Å². The van der Waals surface area contributed by atoms with Crippen molar-refractivity contribution in [2.75, 3.05) is 18.8 Å². The second kappa shape index (κ2) is 9.84. The highest BCUT2D eigenvalue weighted by Crippen LogP contribution is 2.39. The van der Waals surface area contributed by atoms with E-state index in [1.807, 2.05) is 0 Å². The second-order valence-corrected chi connectivity index (χ2v) is 9.49. The molecule has 1 saturated heterocycles. The molecule has 0 spiro atoms. The number of pyridine rings is 1. The minimum atomic E-state index is -4.85. The van der Waals surface area contributed by atoms with Gasteiger partial charge in [0.2, 0.25) is 0 Å². The quantitative estimate of drug-likeness (QED) is 0.368. The molecule has 3 aromatic heterocycles. The first kappa shape index (κ1) is 27.0. The molecule has 0 radical (unpaired) electrons. The Morgan fingerprint density at radius 1 is 1.10 bits per heavy atom. The summed E-state index contributed by atoms with van der Waals surface area (Å²) in [5.74, 6) is -2.58. The number of alkyl halides is 4. The van der Waals surface area contributed by atoms with Crippen molar-refractivity contribution in [3.05, 3.63) is 76.6 Å². The van der Waals surface area contributed by atoms with Gasteiger partial charge in [-0.25, -0.2) is 18.3 Å². The number of carbonyl (C=O) groups excluding carboxylic acids is 2. The highest BCUT2D eigenvalue weighted by molar-refractivity contribution is 5.98. The Balaban J connectivity index is 1.44. The number of likely N-dealkylation sites (tertiary alicyclic amines) is 1. The molecule has 1 aromatic carbocycles. The summed E-state index contributed by atoms with van der Waals surface area (Å²) >= 11 is 0. The van der Waals surface area contributed by atoms with Gasteiger partial charge in [-0.2, -0.15) is 18.3 Å². The number of benzene rings is 1. The molecule has 9 nitrogen and oxygen atoms in total. The molecule has 0 bridgehead atoms. The molecular formula is C26H22F5N7O2. The molecule has 40 heavy (non-hydrogen) atoms. The maximum atomic E-state index is 15.1. The SMILES string of the molecule is Cc1cc(C(=O)N2C[C@H](F)[C@H](NC(=O)c3cc(-c4cc(C(F)(F)F)c5c(N)ncnn45)c(F)cc3C)C2)ccn1. The average molecular weight is 559 g/mol. The molecule has 0 unspecified atom stereocenters. The molecule has 0 aliphatic carbocycles. The van der Waals surface area contributed by atoms with E-state index in [1.54, 1.807) is 13.0 Å². The minimum absolute atomic E-state index is 0.0938. The molecule has 2 amide bonds. The van der Waals surface area contributed by atoms with E-state index in [-0.39, 0.29) is 35.5 Å². The third-order valence-corrected chi connectivity index (χ3v) is 6.72. The van der Waals surface area contributed by atoms with Crippen molar-refractivity contribution in [1.29, 1.82) is 0 Å². The summed E-state index contributed by atoms with van der Waals surface area (Å²) in [7, 11) is 0. The Hall–Kier alpha value is -4.62. The van der Waals surface area contributed by atoms with Gasteiger partial charge in [-0.15, -0.1) is 0 Å². The number of halogens is 5. The van der Waals surface area contributed by atoms with Crippen LogP contribution in [0.2, 0.25) is 0 Å². The van der Waals surface area contributed by atoms with Crippen molar-refractivity contribution in [3.63, 3.8) is 0 Å². The number of hydrogen-bond donors (Lipinski definition) is 2. The number of nitrogens with two attached hydrogens (primary N) is 1. The zero-order chi connectivity index (χ0) is 28.9. The summed E-state index contributed by atoms with van der Waals surface area (Å²) in [6, 6.07) is 4.75. The fourth-order valence-electron chi connectivity index (χ4n) is 4.76. The average Bonchev–Trinajstić information content (AvgIpc) is 3.45. The van der Waals surface area contributed by atoms with Crippen LogP contribution in [0.15, 0.2) is 42.9 Å². The highest BCUT2D eigenvalue weighted by Gasteiger charge is 2.38. The van der Waals surface area contributed by atoms with Crippen LogP contribution in [0.5, 0.6) is 0 Å². The van der Waals surface area contributed by atoms with Gasteiger partial charge in [-0.3, -0.25) is 14.6 Å². The third kappa shape index (κ3) is 4.80. The van der Waals surface area contributed by atoms with E-state index < -0.39 is 52.9 Å². The number of hydrogen-bond acceptors (Lipinski definition) is 6. The third-order valence-electron chi connectivity index (χ3n) is 6.72. The first-order valence-electron chi connectivity index (χ1n) is 12.0. The smallest absolute Gasteiger partial charge is 0.382 e. The number of nitrogens with zero attached hydrogens (tertiary/aromatic N) is 5. The second-order valence-electron chi connectivity index (χ2n) is 9.49. The van der Waals surface area contributed by atoms with E-state index in [4.69, 9.17) is 5.73 Å². The molecule has 4 aromatic rings. The van der Waals surface area contributed by atoms with Crippen LogP contribution in [0.1, 0.15) is 37.5 Å². The lowest BCUT2D eigenvalue weighted by atomic mass is 10.0. The number of amides is 2. The normalized spacial score (nSPS) is 17.4. The van der Waals surface area contributed by atoms with E-state index >= 15 is 4.39 Å². The van der Waals surface area contributed by atoms with Gasteiger partial charge in [0.1, 0.15) is 23.8 Å². The number of aryl methyl sites for hydroxylation is 2. The van der Waals surface area contributed by atoms with E-state index in [0.717, 1.165) is 23.0 Å². The monoisotopic (exact) mass is 559 g/mol. The van der Waals surface area contributed by atoms with Crippen LogP contribution < -0.4 is 11.1 Å². The van der Waals surface area contributed by atoms with Gasteiger partial charge in [-0.1, -0.05) is 0 Å². The van der Waals surface area contributed by atoms with Crippen LogP contribution in [0.4, 0.5) is 27.8 Å². The minimum Gasteiger partial charge on any atom is -0.382 e. The predicted molar refractivity (Wildman–Crippen MR) is 134 cm³/mol. The highest BCUT2D eigenvalue weighted by atomic mass is 19.4. The van der Waals surface area contributed by atoms with Crippen molar-refractivity contribution >= 4 is 23.1 Å². The van der Waals surface area contributed by atoms with Gasteiger partial charge < -0.3 is 16.0 Å². The first-order chi connectivity index (χ1) is 18.8. The topological polar surface area (TPSA) is 119 Å². The van der Waals surface area contributed by atoms with E-state index in [9.17, 15) is 27.2 Å². The first-order valence-corrected chi connectivity index (χ1v) is 12.0. The number of fused-ring (bicyclic) bond motifs is 1. The molecule has 208 valence electrons. The molecule has 1 fully saturated rings. The Morgan fingerprint density at radius 3 is 2.55 bits per heavy atom. The Bertz CT molecular complexity index is 1650. The van der Waals surface area contributed by atoms with E-state index in [1.165, 1.54) is 24.1 Å². The summed E-state index contributed by atoms with van der Waals surface area (Å²) in [4.78, 5) is 34.9. The molecule has 1 aliphatic heterocycles. The number of nitrogens with one attached hydrogen (secondary N) is 1. The van der Waals surface area contributed by atoms with Crippen LogP contribution in [-0.4, -0.2) is 61.6 Å². The summed E-state index contributed by atoms with van der Waals surface area (Å²) in [5, 5.41) is 6.34. The van der Waals surface area contributed by atoms with Crippen LogP contribution in [0.25, 0.3) is 16.8 Å². The summed E-state index contributed by atoms with van der Waals surface area (Å²) in [6.45, 7) is 2.77. The molecule has 3 N–H and O–H groups in total. The predicted octanol–water partition coefficient (Wildman–Crippen LogP) is 3.74. The summed E-state index contributed by atoms with van der Waals surface area (Å²) in [6.07, 6.45) is -4.04. The standard InChI is InChI=1S/C26H22F5N7O2/c1-12-5-18(27)16(21-8-17(26(29,30)31)22-23(32)34-11-35-38(21)22)7-15(12)24(39)36-20-10-37(9-19(20)28)25(40)14-3-4-33-13(2)6-14/h3-8,11,19-20H,9-10H2,1-2H3,(H,36,39)(H2,32,34,35)/t19-,20+/m0/s1. The van der Waals surface area contributed by atoms with Gasteiger partial charge in [0.15, 0.2) is 5.82 Å². The van der Waals surface area contributed by atoms with Gasteiger partial charge in [0.25, 0.3) is 11.8 Å². The zero-order valence-corrected chi connectivity index (χ0v) is 21.1. The van der Waals surface area contributed by atoms with Gasteiger partial charge in [0, 0.05) is 35.1 Å². The summed E-state index contributed by atoms with van der Waals surface area (Å²) in [5.41, 5.74) is 4.28. The number of carbonyl (C=O) groups is 2. The van der Waals surface area contributed by atoms with Crippen molar-refractivity contribution in [2.45, 2.75) is 32.2 Å². The molecule has 2 atom stereocenters. The van der Waals surface area contributed by atoms with Crippen LogP contribution >= 0.6 is 0 Å². The fourth-order valence-corrected chi connectivity index (χ4v) is 4.76. The molecule has 1 aliphatic rings. The number of aromatic nitrogens is 4. The van der Waals surface area contributed by atoms with Crippen molar-refractivity contribution in [2.24, 2.45) is 0 Å².